The Morgan fingerprint density at radius 2 is 2.26 bits per heavy atom. The number of nitrogens with one attached hydrogen (secondary N) is 1. The van der Waals surface area contributed by atoms with Crippen LogP contribution < -0.4 is 5.32 Å². The van der Waals surface area contributed by atoms with E-state index in [1.807, 2.05) is 7.05 Å². The van der Waals surface area contributed by atoms with Crippen LogP contribution in [0.3, 0.4) is 0 Å². The Kier molecular flexibility index (Phi) is 4.85. The first kappa shape index (κ1) is 13.9. The van der Waals surface area contributed by atoms with E-state index in [1.54, 1.807) is 4.90 Å². The second-order valence-corrected chi connectivity index (χ2v) is 4.98. The highest BCUT2D eigenvalue weighted by Crippen LogP contribution is 2.21. The fraction of sp³-hybridized carbons (Fsp3) is 0.571. The molecule has 104 valence electrons. The summed E-state index contributed by atoms with van der Waals surface area (Å²) in [6.07, 6.45) is 5.69. The molecule has 0 saturated carbocycles. The fourth-order valence-electron chi connectivity index (χ4n) is 2.49. The normalized spacial score (nSPS) is 16.6. The minimum atomic E-state index is -0.537. The second-order valence-electron chi connectivity index (χ2n) is 4.98. The lowest BCUT2D eigenvalue weighted by molar-refractivity contribution is 0.0682. The van der Waals surface area contributed by atoms with Gasteiger partial charge in [-0.15, -0.1) is 0 Å². The van der Waals surface area contributed by atoms with Gasteiger partial charge in [-0.05, 0) is 44.8 Å². The van der Waals surface area contributed by atoms with Crippen LogP contribution in [0.4, 0.5) is 4.39 Å². The Hall–Kier alpha value is -1.49. The first-order valence-electron chi connectivity index (χ1n) is 6.75. The maximum Gasteiger partial charge on any atom is 0.256 e. The summed E-state index contributed by atoms with van der Waals surface area (Å²) in [5.41, 5.74) is 0.128. The third kappa shape index (κ3) is 3.50. The minimum Gasteiger partial charge on any atom is -0.339 e. The molecule has 0 aromatic carbocycles. The van der Waals surface area contributed by atoms with Crippen LogP contribution in [0, 0.1) is 11.7 Å². The highest BCUT2D eigenvalue weighted by molar-refractivity contribution is 5.94. The number of hydrogen-bond acceptors (Lipinski definition) is 3. The SMILES string of the molecule is CNCCC1CCN(C(=O)c2ccncc2F)CC1. The first-order valence-corrected chi connectivity index (χ1v) is 6.75. The number of aromatic nitrogens is 1. The fourth-order valence-corrected chi connectivity index (χ4v) is 2.49. The molecule has 1 fully saturated rings. The molecule has 19 heavy (non-hydrogen) atoms. The van der Waals surface area contributed by atoms with Crippen molar-refractivity contribution in [2.75, 3.05) is 26.7 Å². The topological polar surface area (TPSA) is 45.2 Å². The van der Waals surface area contributed by atoms with Gasteiger partial charge in [0.15, 0.2) is 5.82 Å². The lowest BCUT2D eigenvalue weighted by atomic mass is 9.93. The molecule has 0 aliphatic carbocycles. The molecule has 2 rings (SSSR count). The lowest BCUT2D eigenvalue weighted by Crippen LogP contribution is -2.39. The second kappa shape index (κ2) is 6.61. The van der Waals surface area contributed by atoms with Crippen molar-refractivity contribution >= 4 is 5.91 Å². The highest BCUT2D eigenvalue weighted by atomic mass is 19.1. The molecule has 0 atom stereocenters. The molecule has 1 saturated heterocycles. The maximum atomic E-state index is 13.5. The molecular formula is C14H20FN3O. The molecule has 1 amide bonds. The summed E-state index contributed by atoms with van der Waals surface area (Å²) in [6.45, 7) is 2.45. The zero-order valence-electron chi connectivity index (χ0n) is 11.2. The van der Waals surface area contributed by atoms with E-state index in [-0.39, 0.29) is 11.5 Å². The predicted octanol–water partition coefficient (Wildman–Crippen LogP) is 1.68. The van der Waals surface area contributed by atoms with E-state index in [4.69, 9.17) is 0 Å². The Bertz CT molecular complexity index is 430. The average molecular weight is 265 g/mol. The average Bonchev–Trinajstić information content (AvgIpc) is 2.45. The zero-order chi connectivity index (χ0) is 13.7. The molecule has 1 aromatic heterocycles. The summed E-state index contributed by atoms with van der Waals surface area (Å²) in [5, 5.41) is 3.15. The third-order valence-electron chi connectivity index (χ3n) is 3.71. The number of halogens is 1. The van der Waals surface area contributed by atoms with E-state index in [2.05, 4.69) is 10.3 Å². The van der Waals surface area contributed by atoms with E-state index in [0.717, 1.165) is 45.1 Å². The quantitative estimate of drug-likeness (QED) is 0.901. The van der Waals surface area contributed by atoms with E-state index in [1.165, 1.54) is 12.3 Å². The Morgan fingerprint density at radius 3 is 2.89 bits per heavy atom. The number of hydrogen-bond donors (Lipinski definition) is 1. The Morgan fingerprint density at radius 1 is 1.53 bits per heavy atom. The van der Waals surface area contributed by atoms with Crippen LogP contribution in [0.5, 0.6) is 0 Å². The lowest BCUT2D eigenvalue weighted by Gasteiger charge is -2.32. The molecule has 1 aliphatic heterocycles. The van der Waals surface area contributed by atoms with Gasteiger partial charge in [0, 0.05) is 19.3 Å². The maximum absolute atomic E-state index is 13.5. The molecule has 5 heteroatoms. The number of amides is 1. The summed E-state index contributed by atoms with van der Waals surface area (Å²) in [6, 6.07) is 1.45. The first-order chi connectivity index (χ1) is 9.22. The molecule has 0 bridgehead atoms. The number of carbonyl (C=O) groups excluding carboxylic acids is 1. The van der Waals surface area contributed by atoms with Gasteiger partial charge < -0.3 is 10.2 Å². The highest BCUT2D eigenvalue weighted by Gasteiger charge is 2.24. The van der Waals surface area contributed by atoms with Crippen LogP contribution in [-0.2, 0) is 0 Å². The number of nitrogens with zero attached hydrogens (tertiary/aromatic N) is 2. The van der Waals surface area contributed by atoms with Crippen molar-refractivity contribution in [2.45, 2.75) is 19.3 Å². The third-order valence-corrected chi connectivity index (χ3v) is 3.71. The van der Waals surface area contributed by atoms with Crippen LogP contribution >= 0.6 is 0 Å². The Labute approximate surface area is 113 Å². The summed E-state index contributed by atoms with van der Waals surface area (Å²) in [4.78, 5) is 17.6. The molecule has 0 spiro atoms. The standard InChI is InChI=1S/C14H20FN3O/c1-16-6-2-11-4-8-18(9-5-11)14(19)12-3-7-17-10-13(12)15/h3,7,10-11,16H,2,4-6,8-9H2,1H3. The van der Waals surface area contributed by atoms with Crippen LogP contribution in [0.25, 0.3) is 0 Å². The van der Waals surface area contributed by atoms with Crippen LogP contribution in [0.1, 0.15) is 29.6 Å². The van der Waals surface area contributed by atoms with Crippen LogP contribution in [0.15, 0.2) is 18.5 Å². The van der Waals surface area contributed by atoms with Crippen molar-refractivity contribution in [3.8, 4) is 0 Å². The van der Waals surface area contributed by atoms with Gasteiger partial charge in [-0.2, -0.15) is 0 Å². The molecule has 2 heterocycles. The van der Waals surface area contributed by atoms with Crippen LogP contribution in [-0.4, -0.2) is 42.5 Å². The molecule has 1 aliphatic rings. The number of rotatable bonds is 4. The molecule has 0 radical (unpaired) electrons. The van der Waals surface area contributed by atoms with Crippen molar-refractivity contribution in [2.24, 2.45) is 5.92 Å². The smallest absolute Gasteiger partial charge is 0.256 e. The number of pyridine rings is 1. The zero-order valence-corrected chi connectivity index (χ0v) is 11.2. The molecular weight excluding hydrogens is 245 g/mol. The Balaban J connectivity index is 1.91. The van der Waals surface area contributed by atoms with E-state index >= 15 is 0 Å². The molecule has 1 N–H and O–H groups in total. The number of piperidine rings is 1. The number of carbonyl (C=O) groups is 1. The molecule has 1 aromatic rings. The number of likely N-dealkylation sites (tertiary alicyclic amines) is 1. The van der Waals surface area contributed by atoms with Gasteiger partial charge in [0.25, 0.3) is 5.91 Å². The summed E-state index contributed by atoms with van der Waals surface area (Å²) < 4.78 is 13.5. The van der Waals surface area contributed by atoms with E-state index < -0.39 is 5.82 Å². The van der Waals surface area contributed by atoms with Crippen molar-refractivity contribution in [3.05, 3.63) is 29.8 Å². The van der Waals surface area contributed by atoms with Gasteiger partial charge >= 0.3 is 0 Å². The minimum absolute atomic E-state index is 0.128. The van der Waals surface area contributed by atoms with Crippen molar-refractivity contribution < 1.29 is 9.18 Å². The van der Waals surface area contributed by atoms with E-state index in [9.17, 15) is 9.18 Å². The van der Waals surface area contributed by atoms with Gasteiger partial charge in [0.2, 0.25) is 0 Å². The largest absolute Gasteiger partial charge is 0.339 e. The summed E-state index contributed by atoms with van der Waals surface area (Å²) in [7, 11) is 1.95. The van der Waals surface area contributed by atoms with Crippen LogP contribution in [0.2, 0.25) is 0 Å². The monoisotopic (exact) mass is 265 g/mol. The van der Waals surface area contributed by atoms with Gasteiger partial charge in [-0.3, -0.25) is 9.78 Å². The van der Waals surface area contributed by atoms with Gasteiger partial charge in [-0.1, -0.05) is 0 Å². The van der Waals surface area contributed by atoms with Crippen molar-refractivity contribution in [3.63, 3.8) is 0 Å². The van der Waals surface area contributed by atoms with Crippen molar-refractivity contribution in [1.82, 2.24) is 15.2 Å². The summed E-state index contributed by atoms with van der Waals surface area (Å²) >= 11 is 0. The van der Waals surface area contributed by atoms with Gasteiger partial charge in [0.1, 0.15) is 0 Å². The van der Waals surface area contributed by atoms with Gasteiger partial charge in [-0.25, -0.2) is 4.39 Å². The summed E-state index contributed by atoms with van der Waals surface area (Å²) in [5.74, 6) is -0.0874. The van der Waals surface area contributed by atoms with Crippen molar-refractivity contribution in [1.29, 1.82) is 0 Å². The predicted molar refractivity (Wildman–Crippen MR) is 71.4 cm³/mol. The van der Waals surface area contributed by atoms with Gasteiger partial charge in [0.05, 0.1) is 11.8 Å². The van der Waals surface area contributed by atoms with E-state index in [0.29, 0.717) is 5.92 Å². The molecule has 4 nitrogen and oxygen atoms in total. The molecule has 0 unspecified atom stereocenters.